The minimum Gasteiger partial charge on any atom is -0.459 e. The molecule has 5 unspecified atom stereocenters. The summed E-state index contributed by atoms with van der Waals surface area (Å²) in [4.78, 5) is 23.7. The largest absolute Gasteiger partial charge is 0.459 e. The lowest BCUT2D eigenvalue weighted by Crippen LogP contribution is -2.58. The Morgan fingerprint density at radius 2 is 1.74 bits per heavy atom. The quantitative estimate of drug-likeness (QED) is 0.439. The lowest BCUT2D eigenvalue weighted by atomic mass is 10.0. The van der Waals surface area contributed by atoms with Crippen LogP contribution in [-0.4, -0.2) is 47.9 Å². The van der Waals surface area contributed by atoms with Crippen LogP contribution in [0.2, 0.25) is 0 Å². The highest BCUT2D eigenvalue weighted by molar-refractivity contribution is 7.99. The predicted molar refractivity (Wildman–Crippen MR) is 131 cm³/mol. The van der Waals surface area contributed by atoms with Crippen molar-refractivity contribution in [3.8, 4) is 0 Å². The van der Waals surface area contributed by atoms with Gasteiger partial charge in [0.15, 0.2) is 0 Å². The number of Topliss-reactive ketones (excluding diaryl/α,β-unsaturated/α-hetero) is 1. The first-order chi connectivity index (χ1) is 17.0. The molecule has 0 saturated carbocycles. The number of carbonyl (C=O) groups excluding carboxylic acids is 2. The summed E-state index contributed by atoms with van der Waals surface area (Å²) in [7, 11) is 0. The predicted octanol–water partition coefficient (Wildman–Crippen LogP) is 4.58. The number of rotatable bonds is 10. The van der Waals surface area contributed by atoms with Gasteiger partial charge >= 0.3 is 11.9 Å². The van der Waals surface area contributed by atoms with Gasteiger partial charge in [0, 0.05) is 18.4 Å². The van der Waals surface area contributed by atoms with Crippen LogP contribution in [0.3, 0.4) is 0 Å². The van der Waals surface area contributed by atoms with Crippen LogP contribution in [-0.2, 0) is 45.9 Å². The highest BCUT2D eigenvalue weighted by Crippen LogP contribution is 2.42. The zero-order valence-electron chi connectivity index (χ0n) is 20.1. The second kappa shape index (κ2) is 12.1. The molecule has 8 heteroatoms. The van der Waals surface area contributed by atoms with Crippen LogP contribution < -0.4 is 0 Å². The summed E-state index contributed by atoms with van der Waals surface area (Å²) in [6.07, 6.45) is -0.551. The number of carbonyl (C=O) groups is 2. The van der Waals surface area contributed by atoms with E-state index in [9.17, 15) is 9.59 Å². The third-order valence-corrected chi connectivity index (χ3v) is 7.01. The van der Waals surface area contributed by atoms with Crippen LogP contribution in [0.5, 0.6) is 0 Å². The van der Waals surface area contributed by atoms with Gasteiger partial charge in [-0.2, -0.15) is 0 Å². The van der Waals surface area contributed by atoms with Gasteiger partial charge in [0.05, 0.1) is 25.7 Å². The van der Waals surface area contributed by atoms with Crippen LogP contribution >= 0.6 is 11.8 Å². The molecule has 2 aliphatic rings. The summed E-state index contributed by atoms with van der Waals surface area (Å²) in [6.45, 7) is 4.07. The molecular formula is C27H32O7S. The van der Waals surface area contributed by atoms with Crippen LogP contribution in [0, 0.1) is 0 Å². The number of hydrogen-bond donors (Lipinski definition) is 0. The molecule has 2 aromatic rings. The van der Waals surface area contributed by atoms with Gasteiger partial charge in [0.2, 0.25) is 0 Å². The van der Waals surface area contributed by atoms with Gasteiger partial charge in [-0.1, -0.05) is 67.6 Å². The van der Waals surface area contributed by atoms with Gasteiger partial charge in [-0.15, -0.1) is 11.8 Å². The Labute approximate surface area is 210 Å². The molecule has 2 fully saturated rings. The van der Waals surface area contributed by atoms with Crippen LogP contribution in [0.15, 0.2) is 60.7 Å². The maximum atomic E-state index is 12.4. The second-order valence-corrected chi connectivity index (χ2v) is 10.0. The highest BCUT2D eigenvalue weighted by atomic mass is 32.2. The number of hydrogen-bond acceptors (Lipinski definition) is 8. The fourth-order valence-electron chi connectivity index (χ4n) is 4.16. The van der Waals surface area contributed by atoms with E-state index >= 15 is 0 Å². The maximum absolute atomic E-state index is 12.4. The van der Waals surface area contributed by atoms with Gasteiger partial charge in [-0.3, -0.25) is 4.79 Å². The molecule has 0 amide bonds. The molecule has 188 valence electrons. The Bertz CT molecular complexity index is 970. The van der Waals surface area contributed by atoms with Crippen molar-refractivity contribution in [3.63, 3.8) is 0 Å². The molecule has 0 N–H and O–H groups in total. The molecule has 35 heavy (non-hydrogen) atoms. The first-order valence-corrected chi connectivity index (χ1v) is 13.0. The van der Waals surface area contributed by atoms with Gasteiger partial charge < -0.3 is 28.5 Å². The van der Waals surface area contributed by atoms with Crippen LogP contribution in [0.4, 0.5) is 0 Å². The maximum Gasteiger partial charge on any atom is 0.312 e. The van der Waals surface area contributed by atoms with Crippen molar-refractivity contribution in [3.05, 3.63) is 71.8 Å². The van der Waals surface area contributed by atoms with E-state index in [0.717, 1.165) is 16.9 Å². The number of thioether (sulfide) groups is 1. The average Bonchev–Trinajstić information content (AvgIpc) is 2.88. The van der Waals surface area contributed by atoms with E-state index in [4.69, 9.17) is 23.7 Å². The zero-order chi connectivity index (χ0) is 24.7. The topological polar surface area (TPSA) is 80.3 Å². The van der Waals surface area contributed by atoms with Crippen molar-refractivity contribution < 1.29 is 33.3 Å². The first-order valence-electron chi connectivity index (χ1n) is 12.0. The third kappa shape index (κ3) is 6.71. The molecule has 5 atom stereocenters. The van der Waals surface area contributed by atoms with E-state index in [-0.39, 0.29) is 36.8 Å². The molecule has 0 spiro atoms. The minimum atomic E-state index is -1.41. The molecule has 0 aliphatic carbocycles. The third-order valence-electron chi connectivity index (χ3n) is 5.93. The molecule has 0 bridgehead atoms. The first kappa shape index (κ1) is 25.9. The Morgan fingerprint density at radius 1 is 1.03 bits per heavy atom. The molecular weight excluding hydrogens is 468 g/mol. The fraction of sp³-hybridized carbons (Fsp3) is 0.481. The Hall–Kier alpha value is -2.23. The summed E-state index contributed by atoms with van der Waals surface area (Å²) in [5, 5.41) is 0. The van der Waals surface area contributed by atoms with Crippen LogP contribution in [0.25, 0.3) is 0 Å². The molecule has 0 radical (unpaired) electrons. The van der Waals surface area contributed by atoms with Crippen molar-refractivity contribution in [1.82, 2.24) is 0 Å². The van der Waals surface area contributed by atoms with Crippen molar-refractivity contribution in [2.24, 2.45) is 0 Å². The SMILES string of the molecule is CCSC1OC2COC(OCc3ccccc3)(c3ccccc3)OC2CC1OC(=O)CCC(C)=O. The lowest BCUT2D eigenvalue weighted by Gasteiger charge is -2.48. The van der Waals surface area contributed by atoms with Crippen LogP contribution in [0.1, 0.15) is 44.2 Å². The van der Waals surface area contributed by atoms with Gasteiger partial charge in [0.25, 0.3) is 0 Å². The number of ether oxygens (including phenoxy) is 5. The van der Waals surface area contributed by atoms with Gasteiger partial charge in [0.1, 0.15) is 23.4 Å². The molecule has 2 aliphatic heterocycles. The summed E-state index contributed by atoms with van der Waals surface area (Å²) < 4.78 is 31.1. The van der Waals surface area contributed by atoms with Crippen molar-refractivity contribution in [2.45, 2.75) is 69.4 Å². The lowest BCUT2D eigenvalue weighted by molar-refractivity contribution is -0.454. The monoisotopic (exact) mass is 500 g/mol. The summed E-state index contributed by atoms with van der Waals surface area (Å²) in [5.41, 5.74) is 1.41. The smallest absolute Gasteiger partial charge is 0.312 e. The van der Waals surface area contributed by atoms with Gasteiger partial charge in [-0.05, 0) is 18.2 Å². The van der Waals surface area contributed by atoms with E-state index in [2.05, 4.69) is 0 Å². The van der Waals surface area contributed by atoms with Crippen molar-refractivity contribution in [2.75, 3.05) is 12.4 Å². The molecule has 2 heterocycles. The Balaban J connectivity index is 1.51. The van der Waals surface area contributed by atoms with Gasteiger partial charge in [-0.25, -0.2) is 0 Å². The zero-order valence-corrected chi connectivity index (χ0v) is 20.9. The summed E-state index contributed by atoms with van der Waals surface area (Å²) in [6, 6.07) is 19.4. The summed E-state index contributed by atoms with van der Waals surface area (Å²) in [5.74, 6) is -1.05. The van der Waals surface area contributed by atoms with E-state index in [1.54, 1.807) is 11.8 Å². The normalized spacial score (nSPS) is 28.2. The van der Waals surface area contributed by atoms with E-state index < -0.39 is 24.2 Å². The summed E-state index contributed by atoms with van der Waals surface area (Å²) >= 11 is 1.58. The van der Waals surface area contributed by atoms with Crippen molar-refractivity contribution >= 4 is 23.5 Å². The van der Waals surface area contributed by atoms with E-state index in [1.165, 1.54) is 6.92 Å². The molecule has 2 aromatic carbocycles. The number of ketones is 1. The van der Waals surface area contributed by atoms with E-state index in [1.807, 2.05) is 67.6 Å². The molecule has 4 rings (SSSR count). The molecule has 0 aromatic heterocycles. The number of esters is 1. The minimum absolute atomic E-state index is 0.0441. The van der Waals surface area contributed by atoms with E-state index in [0.29, 0.717) is 13.0 Å². The fourth-order valence-corrected chi connectivity index (χ4v) is 5.09. The second-order valence-electron chi connectivity index (χ2n) is 8.63. The molecule has 2 saturated heterocycles. The van der Waals surface area contributed by atoms with Crippen molar-refractivity contribution in [1.29, 1.82) is 0 Å². The standard InChI is InChI=1S/C27H32O7S/c1-3-35-26-23(32-25(29)15-14-19(2)28)16-22-24(33-26)18-31-27(34-22,21-12-8-5-9-13-21)30-17-20-10-6-4-7-11-20/h4-13,22-24,26H,3,14-18H2,1-2H3. The molecule has 7 nitrogen and oxygen atoms in total. The number of fused-ring (bicyclic) bond motifs is 1. The Kier molecular flexibility index (Phi) is 8.97. The average molecular weight is 501 g/mol. The number of benzene rings is 2. The Morgan fingerprint density at radius 3 is 2.43 bits per heavy atom. The highest BCUT2D eigenvalue weighted by Gasteiger charge is 2.51.